The zero-order valence-electron chi connectivity index (χ0n) is 4.48. The maximum Gasteiger partial charge on any atom is 0.0277 e. The third kappa shape index (κ3) is 5.89. The van der Waals surface area contributed by atoms with Gasteiger partial charge in [0.25, 0.3) is 0 Å². The van der Waals surface area contributed by atoms with Crippen LogP contribution in [0.4, 0.5) is 0 Å². The van der Waals surface area contributed by atoms with Crippen LogP contribution in [0.1, 0.15) is 6.92 Å². The van der Waals surface area contributed by atoms with Crippen LogP contribution < -0.4 is 0 Å². The van der Waals surface area contributed by atoms with Gasteiger partial charge in [-0.05, 0) is 17.5 Å². The molecule has 0 aliphatic carbocycles. The Balaban J connectivity index is 3.46. The van der Waals surface area contributed by atoms with Gasteiger partial charge in [0.2, 0.25) is 0 Å². The van der Waals surface area contributed by atoms with Crippen LogP contribution in [-0.4, -0.2) is 13.3 Å². The lowest BCUT2D eigenvalue weighted by Gasteiger charge is -1.75. The molecule has 0 aromatic carbocycles. The van der Waals surface area contributed by atoms with E-state index in [2.05, 4.69) is 20.9 Å². The molecule has 0 aromatic rings. The van der Waals surface area contributed by atoms with E-state index in [4.69, 9.17) is 0 Å². The summed E-state index contributed by atoms with van der Waals surface area (Å²) in [5.74, 6) is 0. The zero-order chi connectivity index (χ0) is 5.70. The number of nitrogens with zero attached hydrogens (tertiary/aromatic N) is 1. The molecule has 0 fully saturated rings. The van der Waals surface area contributed by atoms with E-state index in [9.17, 15) is 0 Å². The molecule has 0 atom stereocenters. The maximum atomic E-state index is 3.74. The summed E-state index contributed by atoms with van der Waals surface area (Å²) < 4.78 is 1.10. The molecule has 0 bridgehead atoms. The lowest BCUT2D eigenvalue weighted by molar-refractivity contribution is 1.47. The Morgan fingerprint density at radius 2 is 2.29 bits per heavy atom. The monoisotopic (exact) mass is 161 g/mol. The van der Waals surface area contributed by atoms with E-state index in [0.717, 1.165) is 4.48 Å². The molecule has 0 N–H and O–H groups in total. The molecule has 0 aliphatic rings. The molecule has 0 saturated heterocycles. The molecule has 2 heteroatoms. The minimum Gasteiger partial charge on any atom is -0.296 e. The fraction of sp³-hybridized carbons (Fsp3) is 0.400. The summed E-state index contributed by atoms with van der Waals surface area (Å²) in [5, 5.41) is 0. The molecular weight excluding hydrogens is 154 g/mol. The van der Waals surface area contributed by atoms with E-state index < -0.39 is 0 Å². The summed E-state index contributed by atoms with van der Waals surface area (Å²) in [6.07, 6.45) is 3.63. The largest absolute Gasteiger partial charge is 0.296 e. The fourth-order valence-corrected chi connectivity index (χ4v) is 0.295. The number of hydrogen-bond acceptors (Lipinski definition) is 1. The van der Waals surface area contributed by atoms with Gasteiger partial charge >= 0.3 is 0 Å². The highest BCUT2D eigenvalue weighted by Gasteiger charge is 1.68. The van der Waals surface area contributed by atoms with Gasteiger partial charge in [-0.2, -0.15) is 0 Å². The second kappa shape index (κ2) is 4.06. The predicted molar refractivity (Wildman–Crippen MR) is 37.1 cm³/mol. The Morgan fingerprint density at radius 1 is 1.71 bits per heavy atom. The first kappa shape index (κ1) is 6.89. The van der Waals surface area contributed by atoms with Crippen molar-refractivity contribution < 1.29 is 0 Å². The lowest BCUT2D eigenvalue weighted by atomic mass is 10.6. The molecule has 7 heavy (non-hydrogen) atoms. The van der Waals surface area contributed by atoms with Crippen LogP contribution in [0.2, 0.25) is 0 Å². The van der Waals surface area contributed by atoms with Crippen LogP contribution >= 0.6 is 15.9 Å². The second-order valence-electron chi connectivity index (χ2n) is 1.16. The summed E-state index contributed by atoms with van der Waals surface area (Å²) in [6.45, 7) is 1.96. The van der Waals surface area contributed by atoms with Crippen LogP contribution in [0.25, 0.3) is 0 Å². The third-order valence-corrected chi connectivity index (χ3v) is 0.718. The quantitative estimate of drug-likeness (QED) is 0.522. The second-order valence-corrected chi connectivity index (χ2v) is 2.41. The Hall–Kier alpha value is -0.110. The van der Waals surface area contributed by atoms with Gasteiger partial charge in [0.15, 0.2) is 0 Å². The molecule has 0 radical (unpaired) electrons. The van der Waals surface area contributed by atoms with Crippen LogP contribution in [0, 0.1) is 0 Å². The van der Waals surface area contributed by atoms with E-state index in [-0.39, 0.29) is 0 Å². The van der Waals surface area contributed by atoms with Crippen molar-refractivity contribution in [1.29, 1.82) is 0 Å². The van der Waals surface area contributed by atoms with Gasteiger partial charge in [-0.25, -0.2) is 0 Å². The van der Waals surface area contributed by atoms with Crippen LogP contribution in [0.15, 0.2) is 15.6 Å². The number of aliphatic imine (C=N–C) groups is 1. The molecule has 0 heterocycles. The van der Waals surface area contributed by atoms with E-state index >= 15 is 0 Å². The van der Waals surface area contributed by atoms with Gasteiger partial charge in [-0.3, -0.25) is 4.99 Å². The molecule has 0 aliphatic heterocycles. The maximum absolute atomic E-state index is 3.74. The number of allylic oxidation sites excluding steroid dienone is 2. The Kier molecular flexibility index (Phi) is 4.00. The van der Waals surface area contributed by atoms with Crippen molar-refractivity contribution in [3.8, 4) is 0 Å². The normalized spacial score (nSPS) is 13.3. The van der Waals surface area contributed by atoms with Crippen molar-refractivity contribution in [3.05, 3.63) is 10.6 Å². The molecule has 0 rings (SSSR count). The SMILES string of the molecule is C/N=C\C=C(/C)Br. The zero-order valence-corrected chi connectivity index (χ0v) is 6.07. The van der Waals surface area contributed by atoms with Crippen molar-refractivity contribution in [3.63, 3.8) is 0 Å². The summed E-state index contributed by atoms with van der Waals surface area (Å²) in [5.41, 5.74) is 0. The summed E-state index contributed by atoms with van der Waals surface area (Å²) in [4.78, 5) is 3.74. The first-order valence-electron chi connectivity index (χ1n) is 2.02. The van der Waals surface area contributed by atoms with E-state index in [1.54, 1.807) is 13.3 Å². The molecule has 40 valence electrons. The van der Waals surface area contributed by atoms with E-state index in [0.29, 0.717) is 0 Å². The van der Waals surface area contributed by atoms with Crippen LogP contribution in [0.5, 0.6) is 0 Å². The van der Waals surface area contributed by atoms with Gasteiger partial charge in [0.05, 0.1) is 0 Å². The average molecular weight is 162 g/mol. The van der Waals surface area contributed by atoms with Gasteiger partial charge in [-0.1, -0.05) is 15.9 Å². The van der Waals surface area contributed by atoms with Crippen molar-refractivity contribution in [2.75, 3.05) is 7.05 Å². The Labute approximate surface area is 52.3 Å². The Morgan fingerprint density at radius 3 is 2.43 bits per heavy atom. The number of rotatable bonds is 1. The predicted octanol–water partition coefficient (Wildman–Crippen LogP) is 1.99. The first-order valence-corrected chi connectivity index (χ1v) is 2.81. The first-order chi connectivity index (χ1) is 3.27. The molecule has 0 unspecified atom stereocenters. The molecule has 0 aromatic heterocycles. The molecule has 1 nitrogen and oxygen atoms in total. The third-order valence-electron chi connectivity index (χ3n) is 0.453. The van der Waals surface area contributed by atoms with Gasteiger partial charge in [-0.15, -0.1) is 0 Å². The summed E-state index contributed by atoms with van der Waals surface area (Å²) in [7, 11) is 1.74. The highest BCUT2D eigenvalue weighted by Crippen LogP contribution is 1.98. The molecule has 0 saturated carbocycles. The molecular formula is C5H8BrN. The summed E-state index contributed by atoms with van der Waals surface area (Å²) >= 11 is 3.25. The Bertz CT molecular complexity index is 90.3. The number of halogens is 1. The van der Waals surface area contributed by atoms with Gasteiger partial charge < -0.3 is 0 Å². The van der Waals surface area contributed by atoms with Crippen molar-refractivity contribution in [2.45, 2.75) is 6.92 Å². The van der Waals surface area contributed by atoms with Gasteiger partial charge in [0.1, 0.15) is 0 Å². The highest BCUT2D eigenvalue weighted by atomic mass is 79.9. The smallest absolute Gasteiger partial charge is 0.0277 e. The standard InChI is InChI=1S/C5H8BrN/c1-5(6)3-4-7-2/h3-4H,1-2H3/b5-3+,7-4-. The van der Waals surface area contributed by atoms with Crippen LogP contribution in [-0.2, 0) is 0 Å². The minimum atomic E-state index is 1.10. The molecule has 0 amide bonds. The van der Waals surface area contributed by atoms with Gasteiger partial charge in [0, 0.05) is 13.3 Å². The van der Waals surface area contributed by atoms with Crippen molar-refractivity contribution in [2.24, 2.45) is 4.99 Å². The van der Waals surface area contributed by atoms with Crippen LogP contribution in [0.3, 0.4) is 0 Å². The summed E-state index contributed by atoms with van der Waals surface area (Å²) in [6, 6.07) is 0. The topological polar surface area (TPSA) is 12.4 Å². The average Bonchev–Trinajstić information content (AvgIpc) is 1.61. The van der Waals surface area contributed by atoms with E-state index in [1.807, 2.05) is 13.0 Å². The minimum absolute atomic E-state index is 1.10. The molecule has 0 spiro atoms. The van der Waals surface area contributed by atoms with E-state index in [1.165, 1.54) is 0 Å². The lowest BCUT2D eigenvalue weighted by Crippen LogP contribution is -1.61. The fourth-order valence-electron chi connectivity index (χ4n) is 0.177. The highest BCUT2D eigenvalue weighted by molar-refractivity contribution is 9.11. The van der Waals surface area contributed by atoms with Crippen molar-refractivity contribution in [1.82, 2.24) is 0 Å². The van der Waals surface area contributed by atoms with Crippen molar-refractivity contribution >= 4 is 22.1 Å². The number of hydrogen-bond donors (Lipinski definition) is 0.